The molecule has 1 aromatic heterocycles. The van der Waals surface area contributed by atoms with Gasteiger partial charge in [-0.3, -0.25) is 14.4 Å². The normalized spacial score (nSPS) is 10.9. The van der Waals surface area contributed by atoms with E-state index in [4.69, 9.17) is 0 Å². The first kappa shape index (κ1) is 21.4. The number of aromatic nitrogens is 1. The average molecular weight is 383 g/mol. The smallest absolute Gasteiger partial charge is 0.256 e. The lowest BCUT2D eigenvalue weighted by Crippen LogP contribution is -2.38. The SMILES string of the molecule is CC(C)Cn1cc(C(=O)NCCc2ccccc2)c(=O)c(C(=O)NC(C)C)c1. The van der Waals surface area contributed by atoms with Gasteiger partial charge in [0.25, 0.3) is 11.8 Å². The number of nitrogens with one attached hydrogen (secondary N) is 2. The number of rotatable bonds is 8. The molecule has 0 radical (unpaired) electrons. The highest BCUT2D eigenvalue weighted by Gasteiger charge is 2.20. The number of pyridine rings is 1. The highest BCUT2D eigenvalue weighted by molar-refractivity contribution is 5.99. The first-order valence-corrected chi connectivity index (χ1v) is 9.65. The molecular formula is C22H29N3O3. The Morgan fingerprint density at radius 1 is 0.964 bits per heavy atom. The van der Waals surface area contributed by atoms with Gasteiger partial charge >= 0.3 is 0 Å². The van der Waals surface area contributed by atoms with Gasteiger partial charge in [0.2, 0.25) is 5.43 Å². The highest BCUT2D eigenvalue weighted by Crippen LogP contribution is 2.05. The van der Waals surface area contributed by atoms with Crippen LogP contribution in [-0.2, 0) is 13.0 Å². The third kappa shape index (κ3) is 6.08. The molecule has 0 unspecified atom stereocenters. The summed E-state index contributed by atoms with van der Waals surface area (Å²) in [6, 6.07) is 9.69. The van der Waals surface area contributed by atoms with Crippen molar-refractivity contribution in [2.45, 2.75) is 46.7 Å². The quantitative estimate of drug-likeness (QED) is 0.735. The van der Waals surface area contributed by atoms with Gasteiger partial charge in [0.15, 0.2) is 0 Å². The van der Waals surface area contributed by atoms with Crippen LogP contribution in [0.15, 0.2) is 47.5 Å². The van der Waals surface area contributed by atoms with Crippen LogP contribution in [0, 0.1) is 5.92 Å². The minimum Gasteiger partial charge on any atom is -0.352 e. The third-order valence-corrected chi connectivity index (χ3v) is 4.11. The van der Waals surface area contributed by atoms with Gasteiger partial charge in [-0.15, -0.1) is 0 Å². The molecule has 2 N–H and O–H groups in total. The fourth-order valence-electron chi connectivity index (χ4n) is 2.88. The lowest BCUT2D eigenvalue weighted by Gasteiger charge is -2.15. The van der Waals surface area contributed by atoms with Gasteiger partial charge in [0.05, 0.1) is 0 Å². The molecule has 0 fully saturated rings. The maximum absolute atomic E-state index is 12.8. The van der Waals surface area contributed by atoms with Crippen molar-refractivity contribution < 1.29 is 9.59 Å². The van der Waals surface area contributed by atoms with Crippen LogP contribution in [0.4, 0.5) is 0 Å². The number of hydrogen-bond donors (Lipinski definition) is 2. The number of carbonyl (C=O) groups is 2. The van der Waals surface area contributed by atoms with E-state index in [2.05, 4.69) is 10.6 Å². The topological polar surface area (TPSA) is 80.2 Å². The molecule has 6 heteroatoms. The largest absolute Gasteiger partial charge is 0.352 e. The van der Waals surface area contributed by atoms with Crippen molar-refractivity contribution in [1.29, 1.82) is 0 Å². The Balaban J connectivity index is 2.23. The molecule has 150 valence electrons. The van der Waals surface area contributed by atoms with Crippen molar-refractivity contribution in [2.75, 3.05) is 6.54 Å². The summed E-state index contributed by atoms with van der Waals surface area (Å²) < 4.78 is 1.74. The zero-order valence-corrected chi connectivity index (χ0v) is 17.0. The van der Waals surface area contributed by atoms with Crippen LogP contribution in [0.3, 0.4) is 0 Å². The summed E-state index contributed by atoms with van der Waals surface area (Å²) >= 11 is 0. The fraction of sp³-hybridized carbons (Fsp3) is 0.409. The third-order valence-electron chi connectivity index (χ3n) is 4.11. The second-order valence-corrected chi connectivity index (χ2v) is 7.62. The minimum atomic E-state index is -0.546. The van der Waals surface area contributed by atoms with E-state index < -0.39 is 17.2 Å². The Bertz CT molecular complexity index is 870. The summed E-state index contributed by atoms with van der Waals surface area (Å²) in [5.41, 5.74) is 0.538. The summed E-state index contributed by atoms with van der Waals surface area (Å²) in [4.78, 5) is 37.8. The molecule has 0 saturated carbocycles. The van der Waals surface area contributed by atoms with Crippen LogP contribution in [-0.4, -0.2) is 29.0 Å². The van der Waals surface area contributed by atoms with Gasteiger partial charge < -0.3 is 15.2 Å². The standard InChI is InChI=1S/C22H29N3O3/c1-15(2)12-25-13-18(20(26)19(14-25)22(28)24-16(3)4)21(27)23-11-10-17-8-6-5-7-9-17/h5-9,13-16H,10-12H2,1-4H3,(H,23,27)(H,24,28). The number of hydrogen-bond acceptors (Lipinski definition) is 3. The van der Waals surface area contributed by atoms with Gasteiger partial charge in [0.1, 0.15) is 11.1 Å². The van der Waals surface area contributed by atoms with Crippen molar-refractivity contribution in [1.82, 2.24) is 15.2 Å². The summed E-state index contributed by atoms with van der Waals surface area (Å²) in [5, 5.41) is 5.52. The molecule has 2 aromatic rings. The van der Waals surface area contributed by atoms with E-state index in [1.807, 2.05) is 58.0 Å². The predicted molar refractivity (Wildman–Crippen MR) is 111 cm³/mol. The number of amides is 2. The molecular weight excluding hydrogens is 354 g/mol. The van der Waals surface area contributed by atoms with Crippen molar-refractivity contribution in [2.24, 2.45) is 5.92 Å². The molecule has 2 rings (SSSR count). The summed E-state index contributed by atoms with van der Waals surface area (Å²) in [6.45, 7) is 8.73. The monoisotopic (exact) mass is 383 g/mol. The van der Waals surface area contributed by atoms with Crippen LogP contribution in [0.5, 0.6) is 0 Å². The number of carbonyl (C=O) groups excluding carboxylic acids is 2. The van der Waals surface area contributed by atoms with Crippen molar-refractivity contribution >= 4 is 11.8 Å². The molecule has 0 aliphatic rings. The van der Waals surface area contributed by atoms with Crippen molar-refractivity contribution in [3.05, 3.63) is 69.6 Å². The maximum atomic E-state index is 12.8. The van der Waals surface area contributed by atoms with E-state index >= 15 is 0 Å². The summed E-state index contributed by atoms with van der Waals surface area (Å²) in [6.07, 6.45) is 3.73. The molecule has 0 spiro atoms. The van der Waals surface area contributed by atoms with Crippen molar-refractivity contribution in [3.63, 3.8) is 0 Å². The average Bonchev–Trinajstić information content (AvgIpc) is 2.62. The summed E-state index contributed by atoms with van der Waals surface area (Å²) in [7, 11) is 0. The minimum absolute atomic E-state index is 0.00915. The zero-order chi connectivity index (χ0) is 20.7. The Morgan fingerprint density at radius 3 is 2.14 bits per heavy atom. The highest BCUT2D eigenvalue weighted by atomic mass is 16.2. The summed E-state index contributed by atoms with van der Waals surface area (Å²) in [5.74, 6) is -0.619. The predicted octanol–water partition coefficient (Wildman–Crippen LogP) is 2.62. The van der Waals surface area contributed by atoms with E-state index in [0.29, 0.717) is 25.4 Å². The Kier molecular flexibility index (Phi) is 7.55. The van der Waals surface area contributed by atoms with Gasteiger partial charge in [-0.1, -0.05) is 44.2 Å². The van der Waals surface area contributed by atoms with Gasteiger partial charge in [0, 0.05) is 31.5 Å². The second kappa shape index (κ2) is 9.88. The lowest BCUT2D eigenvalue weighted by molar-refractivity contribution is 0.0941. The van der Waals surface area contributed by atoms with E-state index in [1.54, 1.807) is 4.57 Å². The van der Waals surface area contributed by atoms with Gasteiger partial charge in [-0.2, -0.15) is 0 Å². The van der Waals surface area contributed by atoms with E-state index in [9.17, 15) is 14.4 Å². The molecule has 0 atom stereocenters. The lowest BCUT2D eigenvalue weighted by atomic mass is 10.1. The van der Waals surface area contributed by atoms with E-state index in [-0.39, 0.29) is 17.2 Å². The van der Waals surface area contributed by atoms with Crippen LogP contribution in [0.1, 0.15) is 54.0 Å². The molecule has 1 aromatic carbocycles. The van der Waals surface area contributed by atoms with Gasteiger partial charge in [-0.25, -0.2) is 0 Å². The molecule has 0 saturated heterocycles. The first-order chi connectivity index (χ1) is 13.3. The first-order valence-electron chi connectivity index (χ1n) is 9.65. The van der Waals surface area contributed by atoms with E-state index in [1.165, 1.54) is 12.4 Å². The number of benzene rings is 1. The molecule has 2 amide bonds. The van der Waals surface area contributed by atoms with Gasteiger partial charge in [-0.05, 0) is 31.7 Å². The molecule has 6 nitrogen and oxygen atoms in total. The molecule has 28 heavy (non-hydrogen) atoms. The molecule has 0 aliphatic heterocycles. The molecule has 0 aliphatic carbocycles. The van der Waals surface area contributed by atoms with Crippen molar-refractivity contribution in [3.8, 4) is 0 Å². The fourth-order valence-corrected chi connectivity index (χ4v) is 2.88. The van der Waals surface area contributed by atoms with Crippen LogP contribution in [0.2, 0.25) is 0 Å². The number of nitrogens with zero attached hydrogens (tertiary/aromatic N) is 1. The zero-order valence-electron chi connectivity index (χ0n) is 17.0. The Labute approximate surface area is 166 Å². The van der Waals surface area contributed by atoms with E-state index in [0.717, 1.165) is 5.56 Å². The molecule has 0 bridgehead atoms. The Hall–Kier alpha value is -2.89. The Morgan fingerprint density at radius 2 is 1.57 bits per heavy atom. The maximum Gasteiger partial charge on any atom is 0.256 e. The van der Waals surface area contributed by atoms with Crippen LogP contribution >= 0.6 is 0 Å². The van der Waals surface area contributed by atoms with Crippen LogP contribution < -0.4 is 16.1 Å². The molecule has 1 heterocycles. The van der Waals surface area contributed by atoms with Crippen LogP contribution in [0.25, 0.3) is 0 Å². The second-order valence-electron chi connectivity index (χ2n) is 7.62.